The van der Waals surface area contributed by atoms with Crippen LogP contribution in [0.4, 0.5) is 0 Å². The van der Waals surface area contributed by atoms with Crippen LogP contribution in [0.3, 0.4) is 0 Å². The van der Waals surface area contributed by atoms with E-state index in [9.17, 15) is 0 Å². The van der Waals surface area contributed by atoms with Crippen molar-refractivity contribution in [2.24, 2.45) is 17.6 Å². The Morgan fingerprint density at radius 2 is 2.33 bits per heavy atom. The third kappa shape index (κ3) is 3.24. The van der Waals surface area contributed by atoms with Gasteiger partial charge in [0.1, 0.15) is 5.75 Å². The van der Waals surface area contributed by atoms with E-state index in [1.807, 2.05) is 12.1 Å². The molecule has 3 nitrogen and oxygen atoms in total. The van der Waals surface area contributed by atoms with Gasteiger partial charge in [-0.25, -0.2) is 0 Å². The van der Waals surface area contributed by atoms with Gasteiger partial charge in [-0.15, -0.1) is 0 Å². The van der Waals surface area contributed by atoms with Gasteiger partial charge in [-0.1, -0.05) is 19.1 Å². The first kappa shape index (κ1) is 13.4. The lowest BCUT2D eigenvalue weighted by atomic mass is 9.81. The Bertz CT molecular complexity index is 381. The minimum atomic E-state index is 0.205. The maximum atomic E-state index is 6.37. The number of benzene rings is 1. The number of rotatable bonds is 4. The van der Waals surface area contributed by atoms with Crippen LogP contribution < -0.4 is 10.5 Å². The largest absolute Gasteiger partial charge is 0.497 e. The fourth-order valence-electron chi connectivity index (χ4n) is 2.76. The minimum Gasteiger partial charge on any atom is -0.497 e. The lowest BCUT2D eigenvalue weighted by Gasteiger charge is -2.33. The van der Waals surface area contributed by atoms with Gasteiger partial charge < -0.3 is 15.2 Å². The van der Waals surface area contributed by atoms with Gasteiger partial charge in [0.2, 0.25) is 0 Å². The third-order valence-corrected chi connectivity index (χ3v) is 3.86. The first-order valence-corrected chi connectivity index (χ1v) is 6.67. The van der Waals surface area contributed by atoms with Crippen molar-refractivity contribution in [1.82, 2.24) is 0 Å². The zero-order chi connectivity index (χ0) is 13.0. The Balaban J connectivity index is 1.98. The molecular weight excluding hydrogens is 226 g/mol. The zero-order valence-electron chi connectivity index (χ0n) is 11.3. The number of hydrogen-bond acceptors (Lipinski definition) is 3. The topological polar surface area (TPSA) is 44.5 Å². The van der Waals surface area contributed by atoms with E-state index in [1.165, 1.54) is 5.56 Å². The van der Waals surface area contributed by atoms with Crippen molar-refractivity contribution in [3.8, 4) is 5.75 Å². The highest BCUT2D eigenvalue weighted by molar-refractivity contribution is 5.29. The second kappa shape index (κ2) is 6.21. The average molecular weight is 249 g/mol. The summed E-state index contributed by atoms with van der Waals surface area (Å²) in [7, 11) is 1.69. The molecule has 0 aliphatic carbocycles. The second-order valence-electron chi connectivity index (χ2n) is 5.22. The van der Waals surface area contributed by atoms with Crippen LogP contribution >= 0.6 is 0 Å². The molecule has 0 saturated carbocycles. The Labute approximate surface area is 109 Å². The smallest absolute Gasteiger partial charge is 0.119 e. The zero-order valence-corrected chi connectivity index (χ0v) is 11.3. The molecular formula is C15H23NO2. The molecule has 0 aromatic heterocycles. The third-order valence-electron chi connectivity index (χ3n) is 3.86. The van der Waals surface area contributed by atoms with E-state index in [1.54, 1.807) is 7.11 Å². The molecule has 1 aromatic carbocycles. The van der Waals surface area contributed by atoms with Crippen LogP contribution in [0.5, 0.6) is 5.75 Å². The van der Waals surface area contributed by atoms with Gasteiger partial charge in [-0.2, -0.15) is 0 Å². The summed E-state index contributed by atoms with van der Waals surface area (Å²) >= 11 is 0. The fourth-order valence-corrected chi connectivity index (χ4v) is 2.76. The first-order chi connectivity index (χ1) is 8.70. The normalized spacial score (nSPS) is 25.7. The summed E-state index contributed by atoms with van der Waals surface area (Å²) in [4.78, 5) is 0. The van der Waals surface area contributed by atoms with Crippen molar-refractivity contribution >= 4 is 0 Å². The summed E-state index contributed by atoms with van der Waals surface area (Å²) in [6.07, 6.45) is 1.98. The van der Waals surface area contributed by atoms with E-state index < -0.39 is 0 Å². The number of hydrogen-bond donors (Lipinski definition) is 1. The molecule has 1 aliphatic rings. The van der Waals surface area contributed by atoms with Crippen LogP contribution in [0, 0.1) is 11.8 Å². The molecule has 1 heterocycles. The highest BCUT2D eigenvalue weighted by Crippen LogP contribution is 2.26. The lowest BCUT2D eigenvalue weighted by molar-refractivity contribution is 0.0157. The van der Waals surface area contributed by atoms with Crippen molar-refractivity contribution in [3.63, 3.8) is 0 Å². The highest BCUT2D eigenvalue weighted by atomic mass is 16.5. The summed E-state index contributed by atoms with van der Waals surface area (Å²) in [6.45, 7) is 3.92. The SMILES string of the molecule is COc1cccc(CC(N)C2CCOCC2C)c1. The van der Waals surface area contributed by atoms with Gasteiger partial charge in [0.05, 0.1) is 7.11 Å². The number of nitrogens with two attached hydrogens (primary N) is 1. The molecule has 2 rings (SSSR count). The Kier molecular flexibility index (Phi) is 4.61. The molecule has 1 fully saturated rings. The summed E-state index contributed by atoms with van der Waals surface area (Å²) in [6, 6.07) is 8.38. The first-order valence-electron chi connectivity index (χ1n) is 6.67. The summed E-state index contributed by atoms with van der Waals surface area (Å²) in [5, 5.41) is 0. The molecule has 0 bridgehead atoms. The van der Waals surface area contributed by atoms with Gasteiger partial charge in [0.25, 0.3) is 0 Å². The Morgan fingerprint density at radius 3 is 3.06 bits per heavy atom. The van der Waals surface area contributed by atoms with E-state index >= 15 is 0 Å². The molecule has 0 radical (unpaired) electrons. The van der Waals surface area contributed by atoms with Gasteiger partial charge in [-0.3, -0.25) is 0 Å². The number of ether oxygens (including phenoxy) is 2. The van der Waals surface area contributed by atoms with Gasteiger partial charge in [-0.05, 0) is 42.4 Å². The van der Waals surface area contributed by atoms with Crippen molar-refractivity contribution in [2.75, 3.05) is 20.3 Å². The van der Waals surface area contributed by atoms with Crippen LogP contribution in [-0.2, 0) is 11.2 Å². The van der Waals surface area contributed by atoms with Gasteiger partial charge in [0, 0.05) is 19.3 Å². The predicted octanol–water partition coefficient (Wildman–Crippen LogP) is 2.24. The van der Waals surface area contributed by atoms with Crippen LogP contribution in [0.2, 0.25) is 0 Å². The summed E-state index contributed by atoms with van der Waals surface area (Å²) < 4.78 is 10.7. The molecule has 1 aromatic rings. The molecule has 3 atom stereocenters. The van der Waals surface area contributed by atoms with Crippen molar-refractivity contribution < 1.29 is 9.47 Å². The monoisotopic (exact) mass is 249 g/mol. The molecule has 0 spiro atoms. The maximum absolute atomic E-state index is 6.37. The Hall–Kier alpha value is -1.06. The molecule has 0 amide bonds. The van der Waals surface area contributed by atoms with Crippen LogP contribution in [0.15, 0.2) is 24.3 Å². The van der Waals surface area contributed by atoms with Gasteiger partial charge in [0.15, 0.2) is 0 Å². The van der Waals surface area contributed by atoms with Gasteiger partial charge >= 0.3 is 0 Å². The van der Waals surface area contributed by atoms with E-state index in [0.29, 0.717) is 11.8 Å². The summed E-state index contributed by atoms with van der Waals surface area (Å²) in [5.74, 6) is 2.02. The molecule has 3 heteroatoms. The molecule has 1 aliphatic heterocycles. The molecule has 3 unspecified atom stereocenters. The Morgan fingerprint density at radius 1 is 1.50 bits per heavy atom. The summed E-state index contributed by atoms with van der Waals surface area (Å²) in [5.41, 5.74) is 7.62. The second-order valence-corrected chi connectivity index (χ2v) is 5.22. The highest BCUT2D eigenvalue weighted by Gasteiger charge is 2.27. The van der Waals surface area contributed by atoms with E-state index in [4.69, 9.17) is 15.2 Å². The quantitative estimate of drug-likeness (QED) is 0.890. The van der Waals surface area contributed by atoms with Crippen molar-refractivity contribution in [1.29, 1.82) is 0 Å². The average Bonchev–Trinajstić information content (AvgIpc) is 2.39. The standard InChI is InChI=1S/C15H23NO2/c1-11-10-18-7-6-14(11)15(16)9-12-4-3-5-13(8-12)17-2/h3-5,8,11,14-15H,6-7,9-10,16H2,1-2H3. The lowest BCUT2D eigenvalue weighted by Crippen LogP contribution is -2.40. The molecule has 1 saturated heterocycles. The van der Waals surface area contributed by atoms with Crippen molar-refractivity contribution in [3.05, 3.63) is 29.8 Å². The van der Waals surface area contributed by atoms with Crippen LogP contribution in [-0.4, -0.2) is 26.4 Å². The van der Waals surface area contributed by atoms with Crippen molar-refractivity contribution in [2.45, 2.75) is 25.8 Å². The predicted molar refractivity (Wildman–Crippen MR) is 72.8 cm³/mol. The fraction of sp³-hybridized carbons (Fsp3) is 0.600. The van der Waals surface area contributed by atoms with E-state index in [2.05, 4.69) is 19.1 Å². The molecule has 18 heavy (non-hydrogen) atoms. The van der Waals surface area contributed by atoms with E-state index in [-0.39, 0.29) is 6.04 Å². The van der Waals surface area contributed by atoms with Crippen LogP contribution in [0.25, 0.3) is 0 Å². The molecule has 2 N–H and O–H groups in total. The number of methoxy groups -OCH3 is 1. The van der Waals surface area contributed by atoms with E-state index in [0.717, 1.165) is 31.8 Å². The minimum absolute atomic E-state index is 0.205. The van der Waals surface area contributed by atoms with Crippen LogP contribution in [0.1, 0.15) is 18.9 Å². The maximum Gasteiger partial charge on any atom is 0.119 e. The molecule has 100 valence electrons.